The van der Waals surface area contributed by atoms with Crippen LogP contribution in [0.2, 0.25) is 0 Å². The minimum atomic E-state index is -4.29. The predicted molar refractivity (Wildman–Crippen MR) is 79.0 cm³/mol. The van der Waals surface area contributed by atoms with Gasteiger partial charge in [0, 0.05) is 14.7 Å². The summed E-state index contributed by atoms with van der Waals surface area (Å²) < 4.78 is 38.7. The van der Waals surface area contributed by atoms with Crippen LogP contribution < -0.4 is 5.32 Å². The van der Waals surface area contributed by atoms with Gasteiger partial charge in [-0.05, 0) is 46.2 Å². The molecule has 1 heterocycles. The molecule has 0 saturated carbocycles. The summed E-state index contributed by atoms with van der Waals surface area (Å²) in [4.78, 5) is 1.07. The Kier molecular flexibility index (Phi) is 4.88. The van der Waals surface area contributed by atoms with E-state index in [1.165, 1.54) is 12.1 Å². The van der Waals surface area contributed by atoms with Crippen molar-refractivity contribution in [3.8, 4) is 0 Å². The summed E-state index contributed by atoms with van der Waals surface area (Å²) in [5.74, 6) is 0. The smallest absolute Gasteiger partial charge is 0.306 e. The summed E-state index contributed by atoms with van der Waals surface area (Å²) >= 11 is 4.97. The maximum absolute atomic E-state index is 12.6. The fraction of sp³-hybridized carbons (Fsp3) is 0.286. The van der Waals surface area contributed by atoms with Crippen LogP contribution in [-0.2, 0) is 6.18 Å². The number of nitrogens with one attached hydrogen (secondary N) is 1. The maximum Gasteiger partial charge on any atom is 0.416 e. The van der Waals surface area contributed by atoms with Crippen LogP contribution >= 0.6 is 27.3 Å². The van der Waals surface area contributed by atoms with E-state index in [9.17, 15) is 13.2 Å². The molecule has 6 heteroatoms. The maximum atomic E-state index is 12.6. The average molecular weight is 364 g/mol. The van der Waals surface area contributed by atoms with Crippen molar-refractivity contribution in [1.82, 2.24) is 5.32 Å². The first-order valence-corrected chi connectivity index (χ1v) is 7.73. The summed E-state index contributed by atoms with van der Waals surface area (Å²) in [5.41, 5.74) is 0.207. The number of alkyl halides is 3. The minimum Gasteiger partial charge on any atom is -0.306 e. The molecule has 0 aliphatic heterocycles. The van der Waals surface area contributed by atoms with E-state index in [4.69, 9.17) is 0 Å². The molecule has 0 saturated heterocycles. The van der Waals surface area contributed by atoms with Crippen LogP contribution in [0.3, 0.4) is 0 Å². The molecule has 1 aromatic carbocycles. The zero-order chi connectivity index (χ0) is 14.8. The lowest BCUT2D eigenvalue weighted by molar-refractivity contribution is -0.137. The van der Waals surface area contributed by atoms with Crippen molar-refractivity contribution in [3.63, 3.8) is 0 Å². The molecule has 1 atom stereocenters. The summed E-state index contributed by atoms with van der Waals surface area (Å²) in [6.45, 7) is 2.71. The molecule has 2 rings (SSSR count). The normalized spacial score (nSPS) is 13.4. The van der Waals surface area contributed by atoms with Crippen LogP contribution in [0, 0.1) is 0 Å². The van der Waals surface area contributed by atoms with Crippen LogP contribution in [0.4, 0.5) is 13.2 Å². The van der Waals surface area contributed by atoms with Crippen molar-refractivity contribution >= 4 is 27.3 Å². The van der Waals surface area contributed by atoms with E-state index >= 15 is 0 Å². The molecule has 0 radical (unpaired) electrons. The first kappa shape index (κ1) is 15.5. The molecule has 20 heavy (non-hydrogen) atoms. The van der Waals surface area contributed by atoms with Crippen LogP contribution in [0.15, 0.2) is 40.2 Å². The number of hydrogen-bond donors (Lipinski definition) is 1. The zero-order valence-electron chi connectivity index (χ0n) is 10.7. The third-order valence-electron chi connectivity index (χ3n) is 2.85. The Hall–Kier alpha value is -0.850. The van der Waals surface area contributed by atoms with Gasteiger partial charge in [-0.1, -0.05) is 19.1 Å². The second kappa shape index (κ2) is 6.28. The summed E-state index contributed by atoms with van der Waals surface area (Å²) in [5, 5.41) is 5.26. The van der Waals surface area contributed by atoms with Gasteiger partial charge in [0.15, 0.2) is 0 Å². The molecule has 1 nitrogen and oxygen atoms in total. The average Bonchev–Trinajstić information content (AvgIpc) is 2.81. The topological polar surface area (TPSA) is 12.0 Å². The van der Waals surface area contributed by atoms with E-state index in [-0.39, 0.29) is 6.04 Å². The van der Waals surface area contributed by atoms with Gasteiger partial charge in [0.25, 0.3) is 0 Å². The fourth-order valence-electron chi connectivity index (χ4n) is 1.93. The fourth-order valence-corrected chi connectivity index (χ4v) is 3.48. The standard InChI is InChI=1S/C14H13BrF3NS/c1-2-19-13(12-7-11(15)8-20-12)9-3-5-10(6-4-9)14(16,17)18/h3-8,13,19H,2H2,1H3. The Morgan fingerprint density at radius 1 is 1.25 bits per heavy atom. The Bertz CT molecular complexity index is 563. The summed E-state index contributed by atoms with van der Waals surface area (Å²) in [7, 11) is 0. The van der Waals surface area contributed by atoms with Crippen molar-refractivity contribution in [3.05, 3.63) is 56.2 Å². The van der Waals surface area contributed by atoms with E-state index < -0.39 is 11.7 Å². The summed E-state index contributed by atoms with van der Waals surface area (Å²) in [6.07, 6.45) is -4.29. The van der Waals surface area contributed by atoms with Crippen LogP contribution in [0.5, 0.6) is 0 Å². The molecule has 0 aliphatic rings. The highest BCUT2D eigenvalue weighted by molar-refractivity contribution is 9.10. The van der Waals surface area contributed by atoms with Gasteiger partial charge in [-0.2, -0.15) is 13.2 Å². The van der Waals surface area contributed by atoms with Gasteiger partial charge in [0.1, 0.15) is 0 Å². The van der Waals surface area contributed by atoms with E-state index in [0.717, 1.165) is 33.6 Å². The molecular weight excluding hydrogens is 351 g/mol. The molecule has 2 aromatic rings. The van der Waals surface area contributed by atoms with Crippen LogP contribution in [0.25, 0.3) is 0 Å². The highest BCUT2D eigenvalue weighted by atomic mass is 79.9. The molecule has 1 aromatic heterocycles. The lowest BCUT2D eigenvalue weighted by atomic mass is 10.0. The largest absolute Gasteiger partial charge is 0.416 e. The number of benzene rings is 1. The third kappa shape index (κ3) is 3.62. The van der Waals surface area contributed by atoms with Crippen molar-refractivity contribution in [1.29, 1.82) is 0 Å². The lowest BCUT2D eigenvalue weighted by Crippen LogP contribution is -2.21. The highest BCUT2D eigenvalue weighted by Crippen LogP contribution is 2.33. The van der Waals surface area contributed by atoms with Crippen molar-refractivity contribution in [2.45, 2.75) is 19.1 Å². The highest BCUT2D eigenvalue weighted by Gasteiger charge is 2.30. The molecule has 108 valence electrons. The number of thiophene rings is 1. The summed E-state index contributed by atoms with van der Waals surface area (Å²) in [6, 6.07) is 7.21. The Morgan fingerprint density at radius 2 is 1.90 bits per heavy atom. The van der Waals surface area contributed by atoms with Crippen molar-refractivity contribution in [2.24, 2.45) is 0 Å². The molecule has 0 amide bonds. The zero-order valence-corrected chi connectivity index (χ0v) is 13.1. The van der Waals surface area contributed by atoms with Crippen molar-refractivity contribution in [2.75, 3.05) is 6.54 Å². The first-order valence-electron chi connectivity index (χ1n) is 6.06. The van der Waals surface area contributed by atoms with Gasteiger partial charge in [0.2, 0.25) is 0 Å². The monoisotopic (exact) mass is 363 g/mol. The van der Waals surface area contributed by atoms with Gasteiger partial charge in [-0.25, -0.2) is 0 Å². The molecule has 0 fully saturated rings. The third-order valence-corrected chi connectivity index (χ3v) is 4.61. The van der Waals surface area contributed by atoms with Gasteiger partial charge in [-0.3, -0.25) is 0 Å². The van der Waals surface area contributed by atoms with Gasteiger partial charge >= 0.3 is 6.18 Å². The molecule has 0 bridgehead atoms. The Morgan fingerprint density at radius 3 is 2.35 bits per heavy atom. The van der Waals surface area contributed by atoms with E-state index in [0.29, 0.717) is 0 Å². The SMILES string of the molecule is CCNC(c1ccc(C(F)(F)F)cc1)c1cc(Br)cs1. The quantitative estimate of drug-likeness (QED) is 0.784. The van der Waals surface area contributed by atoms with E-state index in [2.05, 4.69) is 21.2 Å². The molecule has 0 spiro atoms. The van der Waals surface area contributed by atoms with Crippen LogP contribution in [-0.4, -0.2) is 6.54 Å². The second-order valence-electron chi connectivity index (χ2n) is 4.28. The molecule has 1 unspecified atom stereocenters. The van der Waals surface area contributed by atoms with Crippen molar-refractivity contribution < 1.29 is 13.2 Å². The van der Waals surface area contributed by atoms with Gasteiger partial charge in [0.05, 0.1) is 11.6 Å². The first-order chi connectivity index (χ1) is 9.41. The lowest BCUT2D eigenvalue weighted by Gasteiger charge is -2.17. The molecule has 0 aliphatic carbocycles. The Balaban J connectivity index is 2.30. The van der Waals surface area contributed by atoms with Gasteiger partial charge in [-0.15, -0.1) is 11.3 Å². The number of rotatable bonds is 4. The number of hydrogen-bond acceptors (Lipinski definition) is 2. The van der Waals surface area contributed by atoms with E-state index in [1.54, 1.807) is 11.3 Å². The predicted octanol–water partition coefficient (Wildman–Crippen LogP) is 5.23. The Labute approximate surface area is 128 Å². The molecular formula is C14H13BrF3NS. The second-order valence-corrected chi connectivity index (χ2v) is 6.14. The van der Waals surface area contributed by atoms with Gasteiger partial charge < -0.3 is 5.32 Å². The van der Waals surface area contributed by atoms with E-state index in [1.807, 2.05) is 18.4 Å². The van der Waals surface area contributed by atoms with Crippen LogP contribution in [0.1, 0.15) is 29.0 Å². The molecule has 1 N–H and O–H groups in total. The minimum absolute atomic E-state index is 0.0846. The number of halogens is 4.